The van der Waals surface area contributed by atoms with Gasteiger partial charge in [0.15, 0.2) is 11.5 Å². The monoisotopic (exact) mass is 440 g/mol. The number of carbonyl (C=O) groups is 1. The van der Waals surface area contributed by atoms with Gasteiger partial charge >= 0.3 is 0 Å². The number of para-hydroxylation sites is 1. The molecular weight excluding hydrogens is 416 g/mol. The quantitative estimate of drug-likeness (QED) is 0.318. The van der Waals surface area contributed by atoms with Crippen molar-refractivity contribution in [1.82, 2.24) is 15.2 Å². The lowest BCUT2D eigenvalue weighted by atomic mass is 10.1. The zero-order valence-electron chi connectivity index (χ0n) is 18.4. The number of ether oxygens (including phenoxy) is 2. The van der Waals surface area contributed by atoms with Crippen LogP contribution >= 0.6 is 0 Å². The van der Waals surface area contributed by atoms with Crippen molar-refractivity contribution in [3.63, 3.8) is 0 Å². The van der Waals surface area contributed by atoms with Crippen molar-refractivity contribution < 1.29 is 14.3 Å². The molecule has 1 amide bonds. The van der Waals surface area contributed by atoms with Gasteiger partial charge in [0.25, 0.3) is 5.91 Å². The number of aromatic nitrogens is 2. The third-order valence-corrected chi connectivity index (χ3v) is 4.89. The summed E-state index contributed by atoms with van der Waals surface area (Å²) in [5.74, 6) is 0.899. The first-order chi connectivity index (χ1) is 16.2. The van der Waals surface area contributed by atoms with Crippen LogP contribution in [0.1, 0.15) is 22.8 Å². The smallest absolute Gasteiger partial charge is 0.275 e. The molecule has 0 aliphatic rings. The summed E-state index contributed by atoms with van der Waals surface area (Å²) in [5.41, 5.74) is 6.08. The van der Waals surface area contributed by atoms with E-state index in [-0.39, 0.29) is 5.91 Å². The minimum absolute atomic E-state index is 0.356. The van der Waals surface area contributed by atoms with Crippen LogP contribution in [-0.4, -0.2) is 35.6 Å². The lowest BCUT2D eigenvalue weighted by molar-refractivity contribution is 0.0955. The maximum absolute atomic E-state index is 13.0. The summed E-state index contributed by atoms with van der Waals surface area (Å²) in [4.78, 5) is 13.0. The molecule has 33 heavy (non-hydrogen) atoms. The van der Waals surface area contributed by atoms with Crippen molar-refractivity contribution in [1.29, 1.82) is 0 Å². The summed E-state index contributed by atoms with van der Waals surface area (Å²) >= 11 is 0. The van der Waals surface area contributed by atoms with Crippen LogP contribution in [0.25, 0.3) is 16.9 Å². The van der Waals surface area contributed by atoms with Gasteiger partial charge in [0.1, 0.15) is 5.69 Å². The van der Waals surface area contributed by atoms with Crippen LogP contribution in [-0.2, 0) is 0 Å². The Morgan fingerprint density at radius 3 is 2.45 bits per heavy atom. The first kappa shape index (κ1) is 21.8. The number of carbonyl (C=O) groups excluding carboxylic acids is 1. The van der Waals surface area contributed by atoms with E-state index >= 15 is 0 Å². The highest BCUT2D eigenvalue weighted by Crippen LogP contribution is 2.27. The van der Waals surface area contributed by atoms with Crippen molar-refractivity contribution in [3.8, 4) is 28.4 Å². The fourth-order valence-corrected chi connectivity index (χ4v) is 3.33. The first-order valence-electron chi connectivity index (χ1n) is 10.5. The zero-order valence-corrected chi connectivity index (χ0v) is 18.4. The Balaban J connectivity index is 1.59. The second kappa shape index (κ2) is 10.3. The van der Waals surface area contributed by atoms with Gasteiger partial charge in [0.2, 0.25) is 0 Å². The Kier molecular flexibility index (Phi) is 6.80. The minimum atomic E-state index is -0.356. The van der Waals surface area contributed by atoms with Gasteiger partial charge in [-0.25, -0.2) is 10.1 Å². The van der Waals surface area contributed by atoms with Crippen molar-refractivity contribution in [2.45, 2.75) is 6.92 Å². The Morgan fingerprint density at radius 1 is 1.03 bits per heavy atom. The van der Waals surface area contributed by atoms with Crippen LogP contribution in [0.15, 0.2) is 90.2 Å². The highest BCUT2D eigenvalue weighted by Gasteiger charge is 2.18. The summed E-state index contributed by atoms with van der Waals surface area (Å²) in [6.45, 7) is 2.42. The molecule has 4 rings (SSSR count). The van der Waals surface area contributed by atoms with Gasteiger partial charge in [0.05, 0.1) is 31.2 Å². The number of benzene rings is 3. The average molecular weight is 441 g/mol. The number of hydrogen-bond acceptors (Lipinski definition) is 5. The molecule has 1 N–H and O–H groups in total. The molecule has 3 aromatic carbocycles. The summed E-state index contributed by atoms with van der Waals surface area (Å²) < 4.78 is 12.6. The molecule has 166 valence electrons. The predicted molar refractivity (Wildman–Crippen MR) is 128 cm³/mol. The molecule has 0 unspecified atom stereocenters. The fourth-order valence-electron chi connectivity index (χ4n) is 3.33. The SMILES string of the molecule is CCOc1cc(/C=N/NC(=O)c2cn(-c3ccccc3)nc2-c2ccccc2)ccc1OC. The van der Waals surface area contributed by atoms with Crippen molar-refractivity contribution >= 4 is 12.1 Å². The zero-order chi connectivity index (χ0) is 23.0. The molecule has 1 heterocycles. The molecule has 0 radical (unpaired) electrons. The fraction of sp³-hybridized carbons (Fsp3) is 0.115. The Bertz CT molecular complexity index is 1250. The summed E-state index contributed by atoms with van der Waals surface area (Å²) in [6, 6.07) is 24.7. The predicted octanol–water partition coefficient (Wildman–Crippen LogP) is 4.71. The maximum Gasteiger partial charge on any atom is 0.275 e. The molecular formula is C26H24N4O3. The second-order valence-corrected chi connectivity index (χ2v) is 7.08. The number of nitrogens with zero attached hydrogens (tertiary/aromatic N) is 3. The van der Waals surface area contributed by atoms with E-state index < -0.39 is 0 Å². The average Bonchev–Trinajstić information content (AvgIpc) is 3.31. The van der Waals surface area contributed by atoms with Gasteiger partial charge in [-0.2, -0.15) is 10.2 Å². The van der Waals surface area contributed by atoms with Gasteiger partial charge in [-0.05, 0) is 42.8 Å². The molecule has 7 nitrogen and oxygen atoms in total. The lowest BCUT2D eigenvalue weighted by Crippen LogP contribution is -2.18. The number of amides is 1. The van der Waals surface area contributed by atoms with E-state index in [1.165, 1.54) is 0 Å². The van der Waals surface area contributed by atoms with E-state index in [9.17, 15) is 4.79 Å². The maximum atomic E-state index is 13.0. The molecule has 0 saturated carbocycles. The van der Waals surface area contributed by atoms with Gasteiger partial charge in [-0.15, -0.1) is 0 Å². The topological polar surface area (TPSA) is 77.7 Å². The van der Waals surface area contributed by atoms with Gasteiger partial charge in [-0.3, -0.25) is 4.79 Å². The molecule has 7 heteroatoms. The second-order valence-electron chi connectivity index (χ2n) is 7.08. The Labute approximate surface area is 192 Å². The van der Waals surface area contributed by atoms with E-state index in [0.29, 0.717) is 29.4 Å². The Hall–Kier alpha value is -4.39. The normalized spacial score (nSPS) is 10.8. The van der Waals surface area contributed by atoms with Gasteiger partial charge < -0.3 is 9.47 Å². The van der Waals surface area contributed by atoms with Crippen LogP contribution in [0, 0.1) is 0 Å². The van der Waals surface area contributed by atoms with E-state index in [2.05, 4.69) is 15.6 Å². The Morgan fingerprint density at radius 2 is 1.76 bits per heavy atom. The van der Waals surface area contributed by atoms with Crippen LogP contribution in [0.3, 0.4) is 0 Å². The molecule has 0 aliphatic carbocycles. The van der Waals surface area contributed by atoms with E-state index in [1.807, 2.05) is 73.7 Å². The lowest BCUT2D eigenvalue weighted by Gasteiger charge is -2.09. The third-order valence-electron chi connectivity index (χ3n) is 4.89. The number of methoxy groups -OCH3 is 1. The molecule has 0 aliphatic heterocycles. The van der Waals surface area contributed by atoms with Crippen LogP contribution < -0.4 is 14.9 Å². The molecule has 0 spiro atoms. The van der Waals surface area contributed by atoms with Gasteiger partial charge in [0, 0.05) is 11.8 Å². The van der Waals surface area contributed by atoms with E-state index in [4.69, 9.17) is 9.47 Å². The first-order valence-corrected chi connectivity index (χ1v) is 10.5. The third kappa shape index (κ3) is 5.10. The minimum Gasteiger partial charge on any atom is -0.493 e. The van der Waals surface area contributed by atoms with Crippen molar-refractivity contribution in [2.75, 3.05) is 13.7 Å². The number of hydrogen-bond donors (Lipinski definition) is 1. The van der Waals surface area contributed by atoms with Crippen LogP contribution in [0.5, 0.6) is 11.5 Å². The summed E-state index contributed by atoms with van der Waals surface area (Å²) in [7, 11) is 1.59. The largest absolute Gasteiger partial charge is 0.493 e. The highest BCUT2D eigenvalue weighted by atomic mass is 16.5. The molecule has 0 fully saturated rings. The molecule has 0 atom stereocenters. The number of hydrazone groups is 1. The molecule has 0 saturated heterocycles. The number of rotatable bonds is 8. The van der Waals surface area contributed by atoms with E-state index in [1.54, 1.807) is 36.3 Å². The van der Waals surface area contributed by atoms with E-state index in [0.717, 1.165) is 16.8 Å². The highest BCUT2D eigenvalue weighted by molar-refractivity contribution is 6.00. The van der Waals surface area contributed by atoms with Crippen molar-refractivity contribution in [2.24, 2.45) is 5.10 Å². The van der Waals surface area contributed by atoms with Crippen molar-refractivity contribution in [3.05, 3.63) is 96.2 Å². The van der Waals surface area contributed by atoms with Crippen LogP contribution in [0.2, 0.25) is 0 Å². The molecule has 4 aromatic rings. The summed E-state index contributed by atoms with van der Waals surface area (Å²) in [6.07, 6.45) is 3.27. The molecule has 1 aromatic heterocycles. The van der Waals surface area contributed by atoms with Gasteiger partial charge in [-0.1, -0.05) is 48.5 Å². The standard InChI is InChI=1S/C26H24N4O3/c1-3-33-24-16-19(14-15-23(24)32-2)17-27-28-26(31)22-18-30(21-12-8-5-9-13-21)29-25(22)20-10-6-4-7-11-20/h4-18H,3H2,1-2H3,(H,28,31)/b27-17+. The molecule has 0 bridgehead atoms. The number of nitrogens with one attached hydrogen (secondary N) is 1. The van der Waals surface area contributed by atoms with Crippen LogP contribution in [0.4, 0.5) is 0 Å². The summed E-state index contributed by atoms with van der Waals surface area (Å²) in [5, 5.41) is 8.80.